The number of nitrogens with zero attached hydrogens (tertiary/aromatic N) is 5. The summed E-state index contributed by atoms with van der Waals surface area (Å²) < 4.78 is 26.3. The number of hydrogen-bond donors (Lipinski definition) is 1. The van der Waals surface area contributed by atoms with Gasteiger partial charge in [-0.05, 0) is 25.2 Å². The van der Waals surface area contributed by atoms with E-state index in [0.29, 0.717) is 29.5 Å². The van der Waals surface area contributed by atoms with Gasteiger partial charge in [0.05, 0.1) is 15.9 Å². The van der Waals surface area contributed by atoms with Crippen LogP contribution in [-0.2, 0) is 23.0 Å². The summed E-state index contributed by atoms with van der Waals surface area (Å²) in [5.74, 6) is 0.415. The number of nitro groups is 1. The second kappa shape index (κ2) is 6.61. The van der Waals surface area contributed by atoms with Crippen molar-refractivity contribution in [1.82, 2.24) is 19.3 Å². The number of nitrogens with one attached hydrogen (secondary N) is 1. The van der Waals surface area contributed by atoms with Crippen molar-refractivity contribution >= 4 is 37.3 Å². The molecule has 0 aromatic carbocycles. The molecule has 3 rings (SSSR count). The Labute approximate surface area is 148 Å². The minimum atomic E-state index is -3.39. The second-order valence-electron chi connectivity index (χ2n) is 5.71. The van der Waals surface area contributed by atoms with Crippen molar-refractivity contribution in [3.8, 4) is 0 Å². The lowest BCUT2D eigenvalue weighted by molar-refractivity contribution is -0.380. The highest BCUT2D eigenvalue weighted by molar-refractivity contribution is 7.89. The Balaban J connectivity index is 1.90. The summed E-state index contributed by atoms with van der Waals surface area (Å²) in [6.45, 7) is 3.81. The topological polar surface area (TPSA) is 131 Å². The lowest BCUT2D eigenvalue weighted by Crippen LogP contribution is -2.40. The van der Waals surface area contributed by atoms with Crippen LogP contribution in [0.15, 0.2) is 12.5 Å². The normalized spacial score (nSPS) is 15.2. The van der Waals surface area contributed by atoms with Crippen LogP contribution in [0.3, 0.4) is 0 Å². The van der Waals surface area contributed by atoms with Gasteiger partial charge < -0.3 is 5.32 Å². The Morgan fingerprint density at radius 1 is 1.36 bits per heavy atom. The van der Waals surface area contributed by atoms with E-state index in [-0.39, 0.29) is 11.5 Å². The molecule has 2 aromatic heterocycles. The molecule has 10 nitrogen and oxygen atoms in total. The number of anilines is 2. The Kier molecular flexibility index (Phi) is 4.67. The van der Waals surface area contributed by atoms with Crippen LogP contribution in [0, 0.1) is 10.1 Å². The van der Waals surface area contributed by atoms with Gasteiger partial charge in [0.25, 0.3) is 0 Å². The maximum atomic E-state index is 12.4. The van der Waals surface area contributed by atoms with Gasteiger partial charge >= 0.3 is 5.00 Å². The fourth-order valence-corrected chi connectivity index (χ4v) is 4.33. The van der Waals surface area contributed by atoms with E-state index in [1.807, 2.05) is 0 Å². The summed E-state index contributed by atoms with van der Waals surface area (Å²) >= 11 is 0.884. The lowest BCUT2D eigenvalue weighted by Gasteiger charge is -2.29. The van der Waals surface area contributed by atoms with E-state index < -0.39 is 20.2 Å². The maximum absolute atomic E-state index is 12.4. The summed E-state index contributed by atoms with van der Waals surface area (Å²) in [6.07, 6.45) is 3.03. The molecule has 0 radical (unpaired) electrons. The molecule has 3 heterocycles. The molecular weight excluding hydrogens is 368 g/mol. The zero-order valence-electron chi connectivity index (χ0n) is 13.5. The number of hydrogen-bond acceptors (Lipinski definition) is 9. The van der Waals surface area contributed by atoms with Gasteiger partial charge in [0.1, 0.15) is 18.3 Å². The molecule has 12 heteroatoms. The summed E-state index contributed by atoms with van der Waals surface area (Å²) in [7, 11) is -3.39. The van der Waals surface area contributed by atoms with Gasteiger partial charge in [0, 0.05) is 25.1 Å². The molecule has 134 valence electrons. The van der Waals surface area contributed by atoms with Crippen LogP contribution in [0.1, 0.15) is 25.1 Å². The highest BCUT2D eigenvalue weighted by atomic mass is 32.2. The molecule has 1 aliphatic heterocycles. The van der Waals surface area contributed by atoms with E-state index in [1.165, 1.54) is 10.6 Å². The van der Waals surface area contributed by atoms with Gasteiger partial charge in [-0.25, -0.2) is 23.4 Å². The molecule has 2 aromatic rings. The minimum Gasteiger partial charge on any atom is -0.316 e. The molecule has 0 amide bonds. The van der Waals surface area contributed by atoms with E-state index in [4.69, 9.17) is 0 Å². The third-order valence-corrected chi connectivity index (χ3v) is 6.91. The third-order valence-electron chi connectivity index (χ3n) is 3.82. The van der Waals surface area contributed by atoms with E-state index >= 15 is 0 Å². The van der Waals surface area contributed by atoms with Crippen LogP contribution in [0.2, 0.25) is 0 Å². The first-order valence-electron chi connectivity index (χ1n) is 7.48. The fourth-order valence-electron chi connectivity index (χ4n) is 2.45. The number of sulfonamides is 1. The number of thiazole rings is 1. The average molecular weight is 384 g/mol. The molecule has 0 atom stereocenters. The number of fused-ring (bicyclic) bond motifs is 1. The summed E-state index contributed by atoms with van der Waals surface area (Å²) in [5.41, 5.74) is 1.43. The Hall–Kier alpha value is -2.18. The Morgan fingerprint density at radius 3 is 2.76 bits per heavy atom. The monoisotopic (exact) mass is 384 g/mol. The zero-order chi connectivity index (χ0) is 18.2. The van der Waals surface area contributed by atoms with Crippen LogP contribution < -0.4 is 5.32 Å². The predicted molar refractivity (Wildman–Crippen MR) is 92.3 cm³/mol. The largest absolute Gasteiger partial charge is 0.345 e. The van der Waals surface area contributed by atoms with E-state index in [1.54, 1.807) is 13.8 Å². The van der Waals surface area contributed by atoms with Crippen LogP contribution in [0.25, 0.3) is 0 Å². The maximum Gasteiger partial charge on any atom is 0.345 e. The lowest BCUT2D eigenvalue weighted by atomic mass is 10.1. The minimum absolute atomic E-state index is 0.0885. The molecule has 0 saturated heterocycles. The van der Waals surface area contributed by atoms with Crippen LogP contribution in [0.5, 0.6) is 0 Å². The van der Waals surface area contributed by atoms with E-state index in [9.17, 15) is 18.5 Å². The van der Waals surface area contributed by atoms with Crippen LogP contribution in [0.4, 0.5) is 16.0 Å². The van der Waals surface area contributed by atoms with E-state index in [2.05, 4.69) is 20.3 Å². The quantitative estimate of drug-likeness (QED) is 0.608. The first-order valence-corrected chi connectivity index (χ1v) is 9.80. The molecule has 0 spiro atoms. The molecule has 0 unspecified atom stereocenters. The van der Waals surface area contributed by atoms with Crippen molar-refractivity contribution < 1.29 is 13.3 Å². The fraction of sp³-hybridized carbons (Fsp3) is 0.462. The van der Waals surface area contributed by atoms with Gasteiger partial charge in [-0.1, -0.05) is 0 Å². The van der Waals surface area contributed by atoms with E-state index in [0.717, 1.165) is 23.2 Å². The molecular formula is C13H16N6O4S2. The zero-order valence-corrected chi connectivity index (χ0v) is 15.2. The molecule has 0 fully saturated rings. The summed E-state index contributed by atoms with van der Waals surface area (Å²) in [6, 6.07) is 0. The molecule has 0 aliphatic carbocycles. The summed E-state index contributed by atoms with van der Waals surface area (Å²) in [5, 5.41) is 13.4. The van der Waals surface area contributed by atoms with Crippen molar-refractivity contribution in [2.24, 2.45) is 0 Å². The van der Waals surface area contributed by atoms with Crippen molar-refractivity contribution in [3.05, 3.63) is 33.9 Å². The van der Waals surface area contributed by atoms with Gasteiger partial charge in [0.15, 0.2) is 5.13 Å². The second-order valence-corrected chi connectivity index (χ2v) is 9.21. The highest BCUT2D eigenvalue weighted by Gasteiger charge is 2.31. The smallest absolute Gasteiger partial charge is 0.316 e. The molecule has 0 saturated carbocycles. The first kappa shape index (κ1) is 17.6. The Morgan fingerprint density at radius 2 is 2.12 bits per heavy atom. The van der Waals surface area contributed by atoms with Crippen molar-refractivity contribution in [1.29, 1.82) is 0 Å². The SMILES string of the molecule is CC(C)S(=O)(=O)N1CCc2ncnc(Nc3ncc([N+](=O)[O-])s3)c2C1. The predicted octanol–water partition coefficient (Wildman–Crippen LogP) is 1.68. The molecule has 25 heavy (non-hydrogen) atoms. The first-order chi connectivity index (χ1) is 11.8. The Bertz CT molecular complexity index is 911. The van der Waals surface area contributed by atoms with Gasteiger partial charge in [-0.3, -0.25) is 10.1 Å². The van der Waals surface area contributed by atoms with Crippen LogP contribution in [-0.4, -0.2) is 44.4 Å². The summed E-state index contributed by atoms with van der Waals surface area (Å²) in [4.78, 5) is 22.6. The van der Waals surface area contributed by atoms with Gasteiger partial charge in [0.2, 0.25) is 10.0 Å². The number of rotatable bonds is 5. The molecule has 0 bridgehead atoms. The van der Waals surface area contributed by atoms with Crippen molar-refractivity contribution in [3.63, 3.8) is 0 Å². The standard InChI is InChI=1S/C13H16N6O4S2/c1-8(2)25(22,23)18-4-3-10-9(6-18)12(16-7-15-10)17-13-14-5-11(24-13)19(20)21/h5,7-8H,3-4,6H2,1-2H3,(H,14,15,16,17). The van der Waals surface area contributed by atoms with Crippen LogP contribution >= 0.6 is 11.3 Å². The van der Waals surface area contributed by atoms with Gasteiger partial charge in [-0.15, -0.1) is 0 Å². The average Bonchev–Trinajstić information content (AvgIpc) is 3.03. The highest BCUT2D eigenvalue weighted by Crippen LogP contribution is 2.31. The van der Waals surface area contributed by atoms with Crippen molar-refractivity contribution in [2.75, 3.05) is 11.9 Å². The number of aromatic nitrogens is 3. The van der Waals surface area contributed by atoms with Crippen molar-refractivity contribution in [2.45, 2.75) is 32.1 Å². The third kappa shape index (κ3) is 3.45. The molecule has 1 N–H and O–H groups in total. The molecule has 1 aliphatic rings. The van der Waals surface area contributed by atoms with Gasteiger partial charge in [-0.2, -0.15) is 4.31 Å².